The quantitative estimate of drug-likeness (QED) is 0.617. The van der Waals surface area contributed by atoms with Gasteiger partial charge in [0.05, 0.1) is 0 Å². The molecule has 4 heteroatoms. The fraction of sp³-hybridized carbons (Fsp3) is 0.0833. The van der Waals surface area contributed by atoms with Gasteiger partial charge in [-0.05, 0) is 36.8 Å². The van der Waals surface area contributed by atoms with Crippen LogP contribution in [0.5, 0.6) is 0 Å². The lowest BCUT2D eigenvalue weighted by Crippen LogP contribution is -1.87. The number of nitrogens with zero attached hydrogens (tertiary/aromatic N) is 4. The van der Waals surface area contributed by atoms with Crippen molar-refractivity contribution in [3.8, 4) is 11.5 Å². The van der Waals surface area contributed by atoms with Crippen LogP contribution >= 0.6 is 0 Å². The highest BCUT2D eigenvalue weighted by atomic mass is 15.3. The van der Waals surface area contributed by atoms with Crippen LogP contribution in [-0.2, 0) is 0 Å². The minimum absolute atomic E-state index is 0.659. The molecule has 3 rings (SSSR count). The van der Waals surface area contributed by atoms with Crippen LogP contribution in [-0.4, -0.2) is 19.6 Å². The van der Waals surface area contributed by atoms with Crippen molar-refractivity contribution in [3.05, 3.63) is 48.3 Å². The molecule has 3 aromatic heterocycles. The van der Waals surface area contributed by atoms with Crippen molar-refractivity contribution in [1.29, 1.82) is 0 Å². The van der Waals surface area contributed by atoms with Crippen molar-refractivity contribution >= 4 is 5.65 Å². The molecule has 4 nitrogen and oxygen atoms in total. The van der Waals surface area contributed by atoms with Crippen LogP contribution in [0.25, 0.3) is 17.2 Å². The minimum Gasteiger partial charge on any atom is -0.253 e. The SMILES string of the molecule is Cc1ccn2nc(-c3ccccn3)nc2c1. The second-order valence-corrected chi connectivity index (χ2v) is 3.66. The third-order valence-corrected chi connectivity index (χ3v) is 2.39. The van der Waals surface area contributed by atoms with Crippen LogP contribution in [0.3, 0.4) is 0 Å². The van der Waals surface area contributed by atoms with Gasteiger partial charge in [0.25, 0.3) is 0 Å². The molecule has 3 aromatic rings. The van der Waals surface area contributed by atoms with Crippen LogP contribution in [0.1, 0.15) is 5.56 Å². The lowest BCUT2D eigenvalue weighted by molar-refractivity contribution is 0.958. The predicted octanol–water partition coefficient (Wildman–Crippen LogP) is 2.10. The summed E-state index contributed by atoms with van der Waals surface area (Å²) < 4.78 is 1.76. The van der Waals surface area contributed by atoms with Crippen molar-refractivity contribution in [2.45, 2.75) is 6.92 Å². The van der Waals surface area contributed by atoms with Gasteiger partial charge >= 0.3 is 0 Å². The molecule has 3 heterocycles. The molecule has 0 saturated carbocycles. The van der Waals surface area contributed by atoms with Crippen molar-refractivity contribution in [3.63, 3.8) is 0 Å². The number of hydrogen-bond acceptors (Lipinski definition) is 3. The molecule has 0 radical (unpaired) electrons. The van der Waals surface area contributed by atoms with Crippen molar-refractivity contribution in [2.24, 2.45) is 0 Å². The molecule has 0 aliphatic heterocycles. The zero-order chi connectivity index (χ0) is 11.0. The van der Waals surface area contributed by atoms with E-state index in [1.807, 2.05) is 43.5 Å². The summed E-state index contributed by atoms with van der Waals surface area (Å²) in [6.07, 6.45) is 3.65. The topological polar surface area (TPSA) is 43.1 Å². The van der Waals surface area contributed by atoms with Gasteiger partial charge in [0.15, 0.2) is 5.65 Å². The number of aromatic nitrogens is 4. The molecule has 0 N–H and O–H groups in total. The van der Waals surface area contributed by atoms with Crippen LogP contribution < -0.4 is 0 Å². The fourth-order valence-corrected chi connectivity index (χ4v) is 1.59. The van der Waals surface area contributed by atoms with Gasteiger partial charge in [0.2, 0.25) is 5.82 Å². The Labute approximate surface area is 92.6 Å². The molecular formula is C12H10N4. The Bertz CT molecular complexity index is 628. The van der Waals surface area contributed by atoms with Crippen molar-refractivity contribution in [1.82, 2.24) is 19.6 Å². The summed E-state index contributed by atoms with van der Waals surface area (Å²) in [6, 6.07) is 9.72. The molecular weight excluding hydrogens is 200 g/mol. The summed E-state index contributed by atoms with van der Waals surface area (Å²) in [5.74, 6) is 0.659. The summed E-state index contributed by atoms with van der Waals surface area (Å²) in [7, 11) is 0. The molecule has 0 atom stereocenters. The number of aryl methyl sites for hydroxylation is 1. The Kier molecular flexibility index (Phi) is 1.93. The Morgan fingerprint density at radius 3 is 2.94 bits per heavy atom. The highest BCUT2D eigenvalue weighted by Crippen LogP contribution is 2.13. The predicted molar refractivity (Wildman–Crippen MR) is 61.0 cm³/mol. The van der Waals surface area contributed by atoms with E-state index >= 15 is 0 Å². The lowest BCUT2D eigenvalue weighted by Gasteiger charge is -1.91. The number of fused-ring (bicyclic) bond motifs is 1. The first-order chi connectivity index (χ1) is 7.83. The molecule has 0 aliphatic rings. The molecule has 0 amide bonds. The molecule has 0 fully saturated rings. The zero-order valence-electron chi connectivity index (χ0n) is 8.83. The van der Waals surface area contributed by atoms with Crippen LogP contribution in [0, 0.1) is 6.92 Å². The normalized spacial score (nSPS) is 10.8. The highest BCUT2D eigenvalue weighted by molar-refractivity contribution is 5.53. The maximum atomic E-state index is 4.43. The Balaban J connectivity index is 2.19. The van der Waals surface area contributed by atoms with Crippen LogP contribution in [0.2, 0.25) is 0 Å². The Hall–Kier alpha value is -2.23. The smallest absolute Gasteiger partial charge is 0.200 e. The second-order valence-electron chi connectivity index (χ2n) is 3.66. The van der Waals surface area contributed by atoms with Gasteiger partial charge in [-0.1, -0.05) is 6.07 Å². The van der Waals surface area contributed by atoms with E-state index < -0.39 is 0 Å². The van der Waals surface area contributed by atoms with E-state index in [2.05, 4.69) is 15.1 Å². The molecule has 0 unspecified atom stereocenters. The second kappa shape index (κ2) is 3.41. The zero-order valence-corrected chi connectivity index (χ0v) is 8.83. The van der Waals surface area contributed by atoms with E-state index in [1.54, 1.807) is 10.7 Å². The Morgan fingerprint density at radius 2 is 2.12 bits per heavy atom. The molecule has 78 valence electrons. The average molecular weight is 210 g/mol. The highest BCUT2D eigenvalue weighted by Gasteiger charge is 2.06. The van der Waals surface area contributed by atoms with Gasteiger partial charge in [-0.25, -0.2) is 9.50 Å². The van der Waals surface area contributed by atoms with E-state index in [0.29, 0.717) is 5.82 Å². The molecule has 0 saturated heterocycles. The number of pyridine rings is 2. The standard InChI is InChI=1S/C12H10N4/c1-9-5-7-16-11(8-9)14-12(15-16)10-4-2-3-6-13-10/h2-8H,1H3. The van der Waals surface area contributed by atoms with Gasteiger partial charge < -0.3 is 0 Å². The first kappa shape index (κ1) is 9.03. The third kappa shape index (κ3) is 1.44. The van der Waals surface area contributed by atoms with Gasteiger partial charge in [0, 0.05) is 12.4 Å². The van der Waals surface area contributed by atoms with Crippen LogP contribution in [0.4, 0.5) is 0 Å². The fourth-order valence-electron chi connectivity index (χ4n) is 1.59. The summed E-state index contributed by atoms with van der Waals surface area (Å²) in [5.41, 5.74) is 2.82. The van der Waals surface area contributed by atoms with E-state index in [-0.39, 0.29) is 0 Å². The maximum Gasteiger partial charge on any atom is 0.200 e. The largest absolute Gasteiger partial charge is 0.253 e. The van der Waals surface area contributed by atoms with E-state index in [4.69, 9.17) is 0 Å². The number of hydrogen-bond donors (Lipinski definition) is 0. The monoisotopic (exact) mass is 210 g/mol. The third-order valence-electron chi connectivity index (χ3n) is 2.39. The van der Waals surface area contributed by atoms with E-state index in [1.165, 1.54) is 5.56 Å². The molecule has 0 aromatic carbocycles. The van der Waals surface area contributed by atoms with Gasteiger partial charge in [-0.2, -0.15) is 0 Å². The Morgan fingerprint density at radius 1 is 1.19 bits per heavy atom. The lowest BCUT2D eigenvalue weighted by atomic mass is 10.3. The van der Waals surface area contributed by atoms with Crippen molar-refractivity contribution in [2.75, 3.05) is 0 Å². The van der Waals surface area contributed by atoms with E-state index in [9.17, 15) is 0 Å². The first-order valence-electron chi connectivity index (χ1n) is 5.07. The van der Waals surface area contributed by atoms with Crippen LogP contribution in [0.15, 0.2) is 42.7 Å². The minimum atomic E-state index is 0.659. The van der Waals surface area contributed by atoms with Gasteiger partial charge in [0.1, 0.15) is 5.69 Å². The maximum absolute atomic E-state index is 4.43. The van der Waals surface area contributed by atoms with Crippen molar-refractivity contribution < 1.29 is 0 Å². The molecule has 16 heavy (non-hydrogen) atoms. The molecule has 0 bridgehead atoms. The average Bonchev–Trinajstić information content (AvgIpc) is 2.73. The summed E-state index contributed by atoms with van der Waals surface area (Å²) in [4.78, 5) is 8.66. The van der Waals surface area contributed by atoms with Gasteiger partial charge in [-0.3, -0.25) is 4.98 Å². The summed E-state index contributed by atoms with van der Waals surface area (Å²) in [6.45, 7) is 2.04. The number of rotatable bonds is 1. The first-order valence-corrected chi connectivity index (χ1v) is 5.07. The summed E-state index contributed by atoms with van der Waals surface area (Å²) in [5, 5.41) is 4.37. The summed E-state index contributed by atoms with van der Waals surface area (Å²) >= 11 is 0. The molecule has 0 aliphatic carbocycles. The van der Waals surface area contributed by atoms with E-state index in [0.717, 1.165) is 11.3 Å². The molecule has 0 spiro atoms. The van der Waals surface area contributed by atoms with Gasteiger partial charge in [-0.15, -0.1) is 5.10 Å².